The van der Waals surface area contributed by atoms with Gasteiger partial charge in [0.1, 0.15) is 0 Å². The van der Waals surface area contributed by atoms with E-state index in [0.717, 1.165) is 25.9 Å². The molecule has 6 heteroatoms. The molecule has 1 saturated heterocycles. The van der Waals surface area contributed by atoms with E-state index in [1.165, 1.54) is 0 Å². The van der Waals surface area contributed by atoms with Gasteiger partial charge in [0.2, 0.25) is 0 Å². The fourth-order valence-electron chi connectivity index (χ4n) is 2.46. The van der Waals surface area contributed by atoms with Crippen LogP contribution in [0.15, 0.2) is 12.3 Å². The molecule has 0 saturated carbocycles. The van der Waals surface area contributed by atoms with Gasteiger partial charge in [-0.2, -0.15) is 0 Å². The number of methoxy groups -OCH3 is 1. The highest BCUT2D eigenvalue weighted by Gasteiger charge is 2.24. The second-order valence-corrected chi connectivity index (χ2v) is 5.48. The third kappa shape index (κ3) is 3.61. The van der Waals surface area contributed by atoms with Crippen molar-refractivity contribution in [2.45, 2.75) is 19.8 Å². The first-order valence-electron chi connectivity index (χ1n) is 6.77. The minimum Gasteiger partial charge on any atom is -0.384 e. The molecule has 0 radical (unpaired) electrons. The molecular weight excluding hydrogens is 278 g/mol. The Hall–Kier alpha value is -1.33. The second kappa shape index (κ2) is 6.90. The molecule has 1 unspecified atom stereocenters. The minimum absolute atomic E-state index is 0.113. The highest BCUT2D eigenvalue weighted by Crippen LogP contribution is 2.24. The van der Waals surface area contributed by atoms with Crippen LogP contribution in [-0.2, 0) is 4.74 Å². The van der Waals surface area contributed by atoms with Crippen LogP contribution in [0.5, 0.6) is 0 Å². The van der Waals surface area contributed by atoms with E-state index in [0.29, 0.717) is 28.9 Å². The molecule has 1 N–H and O–H groups in total. The van der Waals surface area contributed by atoms with Crippen LogP contribution in [0.2, 0.25) is 5.02 Å². The van der Waals surface area contributed by atoms with Gasteiger partial charge in [0, 0.05) is 32.3 Å². The Bertz CT molecular complexity index is 479. The van der Waals surface area contributed by atoms with E-state index < -0.39 is 0 Å². The number of carbonyl (C=O) groups is 1. The van der Waals surface area contributed by atoms with Gasteiger partial charge in [-0.05, 0) is 25.8 Å². The zero-order chi connectivity index (χ0) is 14.5. The van der Waals surface area contributed by atoms with Crippen molar-refractivity contribution in [3.8, 4) is 0 Å². The molecular formula is C14H20ClN3O2. The largest absolute Gasteiger partial charge is 0.384 e. The summed E-state index contributed by atoms with van der Waals surface area (Å²) in [6, 6.07) is 1.60. The minimum atomic E-state index is -0.113. The molecule has 0 aromatic carbocycles. The summed E-state index contributed by atoms with van der Waals surface area (Å²) in [4.78, 5) is 18.2. The first-order valence-corrected chi connectivity index (χ1v) is 7.15. The summed E-state index contributed by atoms with van der Waals surface area (Å²) < 4.78 is 5.17. The van der Waals surface area contributed by atoms with Crippen LogP contribution in [0.1, 0.15) is 18.5 Å². The van der Waals surface area contributed by atoms with Gasteiger partial charge in [-0.3, -0.25) is 4.98 Å². The molecule has 1 atom stereocenters. The van der Waals surface area contributed by atoms with Gasteiger partial charge >= 0.3 is 6.03 Å². The predicted molar refractivity (Wildman–Crippen MR) is 79.2 cm³/mol. The fourth-order valence-corrected chi connectivity index (χ4v) is 2.62. The van der Waals surface area contributed by atoms with Crippen molar-refractivity contribution < 1.29 is 9.53 Å². The van der Waals surface area contributed by atoms with Crippen LogP contribution >= 0.6 is 11.6 Å². The number of piperidine rings is 1. The molecule has 2 amide bonds. The lowest BCUT2D eigenvalue weighted by Crippen LogP contribution is -2.43. The number of nitrogens with one attached hydrogen (secondary N) is 1. The van der Waals surface area contributed by atoms with Crippen molar-refractivity contribution >= 4 is 23.3 Å². The second-order valence-electron chi connectivity index (χ2n) is 5.10. The number of halogens is 1. The van der Waals surface area contributed by atoms with Crippen molar-refractivity contribution in [2.24, 2.45) is 5.92 Å². The van der Waals surface area contributed by atoms with Crippen molar-refractivity contribution in [3.05, 3.63) is 23.0 Å². The molecule has 0 bridgehead atoms. The third-order valence-corrected chi connectivity index (χ3v) is 3.99. The first kappa shape index (κ1) is 15.1. The van der Waals surface area contributed by atoms with Gasteiger partial charge in [0.25, 0.3) is 0 Å². The molecule has 1 aliphatic rings. The Morgan fingerprint density at radius 3 is 3.20 bits per heavy atom. The number of carbonyl (C=O) groups excluding carboxylic acids is 1. The summed E-state index contributed by atoms with van der Waals surface area (Å²) in [5.41, 5.74) is 1.32. The SMILES string of the molecule is COCC1CCCN(C(=O)Nc2ccnc(C)c2Cl)C1. The number of likely N-dealkylation sites (tertiary alicyclic amines) is 1. The van der Waals surface area contributed by atoms with Gasteiger partial charge in [-0.1, -0.05) is 11.6 Å². The summed E-state index contributed by atoms with van der Waals surface area (Å²) in [5.74, 6) is 0.411. The van der Waals surface area contributed by atoms with Crippen molar-refractivity contribution in [1.29, 1.82) is 0 Å². The van der Waals surface area contributed by atoms with Gasteiger partial charge in [0.15, 0.2) is 0 Å². The fraction of sp³-hybridized carbons (Fsp3) is 0.571. The molecule has 0 aliphatic carbocycles. The maximum atomic E-state index is 12.3. The molecule has 1 fully saturated rings. The van der Waals surface area contributed by atoms with Crippen molar-refractivity contribution in [1.82, 2.24) is 9.88 Å². The van der Waals surface area contributed by atoms with E-state index in [4.69, 9.17) is 16.3 Å². The Labute approximate surface area is 124 Å². The van der Waals surface area contributed by atoms with Crippen LogP contribution in [0.3, 0.4) is 0 Å². The highest BCUT2D eigenvalue weighted by molar-refractivity contribution is 6.34. The number of amides is 2. The number of hydrogen-bond acceptors (Lipinski definition) is 3. The number of aryl methyl sites for hydroxylation is 1. The van der Waals surface area contributed by atoms with E-state index in [9.17, 15) is 4.79 Å². The van der Waals surface area contributed by atoms with E-state index in [1.807, 2.05) is 11.8 Å². The Morgan fingerprint density at radius 2 is 2.45 bits per heavy atom. The van der Waals surface area contributed by atoms with Crippen LogP contribution in [-0.4, -0.2) is 42.7 Å². The van der Waals surface area contributed by atoms with E-state index in [2.05, 4.69) is 10.3 Å². The maximum Gasteiger partial charge on any atom is 0.321 e. The smallest absolute Gasteiger partial charge is 0.321 e. The number of hydrogen-bond donors (Lipinski definition) is 1. The molecule has 1 aromatic rings. The molecule has 0 spiro atoms. The van der Waals surface area contributed by atoms with Crippen LogP contribution < -0.4 is 5.32 Å². The predicted octanol–water partition coefficient (Wildman–Crippen LogP) is 2.93. The molecule has 110 valence electrons. The van der Waals surface area contributed by atoms with Gasteiger partial charge in [0.05, 0.1) is 23.0 Å². The average molecular weight is 298 g/mol. The van der Waals surface area contributed by atoms with E-state index in [1.54, 1.807) is 19.4 Å². The van der Waals surface area contributed by atoms with Crippen molar-refractivity contribution in [3.63, 3.8) is 0 Å². The summed E-state index contributed by atoms with van der Waals surface area (Å²) in [5, 5.41) is 3.35. The standard InChI is InChI=1S/C14H20ClN3O2/c1-10-13(15)12(5-6-16-10)17-14(19)18-7-3-4-11(8-18)9-20-2/h5-6,11H,3-4,7-9H2,1-2H3,(H,16,17,19). The number of urea groups is 1. The zero-order valence-corrected chi connectivity index (χ0v) is 12.6. The topological polar surface area (TPSA) is 54.5 Å². The summed E-state index contributed by atoms with van der Waals surface area (Å²) in [6.07, 6.45) is 3.75. The van der Waals surface area contributed by atoms with E-state index in [-0.39, 0.29) is 6.03 Å². The molecule has 2 rings (SSSR count). The number of rotatable bonds is 3. The van der Waals surface area contributed by atoms with Crippen molar-refractivity contribution in [2.75, 3.05) is 32.1 Å². The molecule has 2 heterocycles. The van der Waals surface area contributed by atoms with Gasteiger partial charge in [-0.15, -0.1) is 0 Å². The quantitative estimate of drug-likeness (QED) is 0.933. The van der Waals surface area contributed by atoms with Crippen LogP contribution in [0, 0.1) is 12.8 Å². The molecule has 1 aliphatic heterocycles. The van der Waals surface area contributed by atoms with Crippen LogP contribution in [0.25, 0.3) is 0 Å². The molecule has 1 aromatic heterocycles. The number of aromatic nitrogens is 1. The summed E-state index contributed by atoms with van der Waals surface area (Å²) in [7, 11) is 1.69. The molecule has 20 heavy (non-hydrogen) atoms. The van der Waals surface area contributed by atoms with Gasteiger partial charge < -0.3 is 15.0 Å². The lowest BCUT2D eigenvalue weighted by molar-refractivity contribution is 0.104. The molecule has 5 nitrogen and oxygen atoms in total. The van der Waals surface area contributed by atoms with E-state index >= 15 is 0 Å². The third-order valence-electron chi connectivity index (χ3n) is 3.51. The number of ether oxygens (including phenoxy) is 1. The number of pyridine rings is 1. The zero-order valence-electron chi connectivity index (χ0n) is 11.9. The Kier molecular flexibility index (Phi) is 5.20. The first-order chi connectivity index (χ1) is 9.61. The highest BCUT2D eigenvalue weighted by atomic mass is 35.5. The lowest BCUT2D eigenvalue weighted by atomic mass is 9.99. The van der Waals surface area contributed by atoms with Crippen LogP contribution in [0.4, 0.5) is 10.5 Å². The average Bonchev–Trinajstić information content (AvgIpc) is 2.44. The summed E-state index contributed by atoms with van der Waals surface area (Å²) >= 11 is 6.14. The summed E-state index contributed by atoms with van der Waals surface area (Å²) in [6.45, 7) is 4.00. The maximum absolute atomic E-state index is 12.3. The number of anilines is 1. The van der Waals surface area contributed by atoms with Gasteiger partial charge in [-0.25, -0.2) is 4.79 Å². The number of nitrogens with zero attached hydrogens (tertiary/aromatic N) is 2. The normalized spacial score (nSPS) is 18.9. The Balaban J connectivity index is 1.99. The Morgan fingerprint density at radius 1 is 1.65 bits per heavy atom. The lowest BCUT2D eigenvalue weighted by Gasteiger charge is -2.32. The monoisotopic (exact) mass is 297 g/mol.